The molecular formula is C13H15N3OS. The fourth-order valence-corrected chi connectivity index (χ4v) is 3.46. The van der Waals surface area contributed by atoms with Gasteiger partial charge in [0.15, 0.2) is 5.13 Å². The van der Waals surface area contributed by atoms with Gasteiger partial charge in [-0.2, -0.15) is 0 Å². The molecule has 1 amide bonds. The van der Waals surface area contributed by atoms with Gasteiger partial charge in [0, 0.05) is 13.1 Å². The molecule has 1 N–H and O–H groups in total. The molecule has 4 nitrogen and oxygen atoms in total. The predicted molar refractivity (Wildman–Crippen MR) is 74.3 cm³/mol. The summed E-state index contributed by atoms with van der Waals surface area (Å²) in [4.78, 5) is 18.1. The van der Waals surface area contributed by atoms with E-state index in [4.69, 9.17) is 0 Å². The van der Waals surface area contributed by atoms with Gasteiger partial charge in [-0.05, 0) is 31.0 Å². The molecule has 1 aliphatic rings. The van der Waals surface area contributed by atoms with Crippen LogP contribution in [-0.4, -0.2) is 30.5 Å². The second-order valence-corrected chi connectivity index (χ2v) is 5.71. The maximum absolute atomic E-state index is 11.4. The number of hydrogen-bond donors (Lipinski definition) is 1. The molecule has 0 saturated carbocycles. The Balaban J connectivity index is 2.02. The number of aryl methyl sites for hydroxylation is 2. The molecule has 1 aromatic heterocycles. The number of nitrogens with one attached hydrogen (secondary N) is 1. The average Bonchev–Trinajstić information content (AvgIpc) is 2.73. The third-order valence-corrected chi connectivity index (χ3v) is 4.19. The van der Waals surface area contributed by atoms with Crippen LogP contribution < -0.4 is 10.2 Å². The third kappa shape index (κ3) is 1.95. The van der Waals surface area contributed by atoms with Gasteiger partial charge in [0.1, 0.15) is 0 Å². The number of carbonyl (C=O) groups is 1. The predicted octanol–water partition coefficient (Wildman–Crippen LogP) is 1.85. The maximum Gasteiger partial charge on any atom is 0.239 e. The summed E-state index contributed by atoms with van der Waals surface area (Å²) in [5, 5.41) is 3.78. The summed E-state index contributed by atoms with van der Waals surface area (Å²) < 4.78 is 1.20. The number of rotatable bonds is 1. The Morgan fingerprint density at radius 1 is 1.39 bits per heavy atom. The number of amides is 1. The summed E-state index contributed by atoms with van der Waals surface area (Å²) >= 11 is 1.67. The Bertz CT molecular complexity index is 620. The number of thiazole rings is 1. The number of anilines is 1. The normalized spacial score (nSPS) is 16.1. The molecule has 5 heteroatoms. The van der Waals surface area contributed by atoms with E-state index in [0.29, 0.717) is 13.1 Å². The molecule has 1 aliphatic heterocycles. The number of fused-ring (bicyclic) bond motifs is 1. The Hall–Kier alpha value is -1.62. The van der Waals surface area contributed by atoms with Crippen LogP contribution in [0.1, 0.15) is 11.1 Å². The fraction of sp³-hybridized carbons (Fsp3) is 0.385. The molecule has 94 valence electrons. The van der Waals surface area contributed by atoms with Crippen LogP contribution in [0.3, 0.4) is 0 Å². The minimum atomic E-state index is 0.0772. The van der Waals surface area contributed by atoms with Crippen molar-refractivity contribution >= 4 is 32.6 Å². The van der Waals surface area contributed by atoms with Crippen LogP contribution in [-0.2, 0) is 4.79 Å². The van der Waals surface area contributed by atoms with Gasteiger partial charge in [0.2, 0.25) is 5.91 Å². The van der Waals surface area contributed by atoms with Crippen molar-refractivity contribution in [2.45, 2.75) is 13.8 Å². The number of hydrogen-bond acceptors (Lipinski definition) is 4. The van der Waals surface area contributed by atoms with Gasteiger partial charge in [0.25, 0.3) is 0 Å². The van der Waals surface area contributed by atoms with E-state index in [-0.39, 0.29) is 5.91 Å². The van der Waals surface area contributed by atoms with E-state index in [1.165, 1.54) is 15.8 Å². The van der Waals surface area contributed by atoms with Gasteiger partial charge in [-0.25, -0.2) is 4.98 Å². The fourth-order valence-electron chi connectivity index (χ4n) is 2.30. The van der Waals surface area contributed by atoms with E-state index in [2.05, 4.69) is 41.2 Å². The van der Waals surface area contributed by atoms with Gasteiger partial charge in [-0.1, -0.05) is 17.4 Å². The van der Waals surface area contributed by atoms with Gasteiger partial charge in [0.05, 0.1) is 16.8 Å². The molecule has 1 aromatic carbocycles. The number of carbonyl (C=O) groups excluding carboxylic acids is 1. The first-order valence-electron chi connectivity index (χ1n) is 6.03. The van der Waals surface area contributed by atoms with Crippen LogP contribution in [0.4, 0.5) is 5.13 Å². The van der Waals surface area contributed by atoms with Crippen LogP contribution >= 0.6 is 11.3 Å². The molecule has 0 spiro atoms. The van der Waals surface area contributed by atoms with Gasteiger partial charge < -0.3 is 10.2 Å². The zero-order chi connectivity index (χ0) is 12.7. The smallest absolute Gasteiger partial charge is 0.239 e. The summed E-state index contributed by atoms with van der Waals surface area (Å²) in [7, 11) is 0. The van der Waals surface area contributed by atoms with Crippen molar-refractivity contribution in [1.29, 1.82) is 0 Å². The highest BCUT2D eigenvalue weighted by Gasteiger charge is 2.19. The summed E-state index contributed by atoms with van der Waals surface area (Å²) in [6.45, 7) is 6.14. The molecule has 1 saturated heterocycles. The number of benzene rings is 1. The lowest BCUT2D eigenvalue weighted by molar-refractivity contribution is -0.120. The Kier molecular flexibility index (Phi) is 2.70. The standard InChI is InChI=1S/C13H15N3OS/c1-8-5-9(2)12-10(6-8)18-13(15-12)16-4-3-14-11(17)7-16/h5-6H,3-4,7H2,1-2H3,(H,14,17). The van der Waals surface area contributed by atoms with Crippen molar-refractivity contribution in [3.05, 3.63) is 23.3 Å². The maximum atomic E-state index is 11.4. The van der Waals surface area contributed by atoms with Gasteiger partial charge >= 0.3 is 0 Å². The minimum absolute atomic E-state index is 0.0772. The number of piperazine rings is 1. The molecular weight excluding hydrogens is 246 g/mol. The topological polar surface area (TPSA) is 45.2 Å². The number of aromatic nitrogens is 1. The van der Waals surface area contributed by atoms with Gasteiger partial charge in [-0.3, -0.25) is 4.79 Å². The van der Waals surface area contributed by atoms with Crippen LogP contribution in [0.5, 0.6) is 0 Å². The van der Waals surface area contributed by atoms with Crippen molar-refractivity contribution in [2.24, 2.45) is 0 Å². The molecule has 0 radical (unpaired) electrons. The molecule has 0 aliphatic carbocycles. The molecule has 2 aromatic rings. The van der Waals surface area contributed by atoms with Gasteiger partial charge in [-0.15, -0.1) is 0 Å². The molecule has 0 bridgehead atoms. The molecule has 3 rings (SSSR count). The minimum Gasteiger partial charge on any atom is -0.353 e. The lowest BCUT2D eigenvalue weighted by atomic mass is 10.1. The van der Waals surface area contributed by atoms with Crippen molar-refractivity contribution in [3.63, 3.8) is 0 Å². The highest BCUT2D eigenvalue weighted by molar-refractivity contribution is 7.22. The van der Waals surface area contributed by atoms with Crippen LogP contribution in [0, 0.1) is 13.8 Å². The first kappa shape index (κ1) is 11.5. The van der Waals surface area contributed by atoms with Crippen LogP contribution in [0.15, 0.2) is 12.1 Å². The first-order valence-corrected chi connectivity index (χ1v) is 6.84. The van der Waals surface area contributed by atoms with E-state index in [0.717, 1.165) is 17.2 Å². The third-order valence-electron chi connectivity index (χ3n) is 3.13. The van der Waals surface area contributed by atoms with Crippen molar-refractivity contribution in [2.75, 3.05) is 24.5 Å². The summed E-state index contributed by atoms with van der Waals surface area (Å²) in [5.41, 5.74) is 3.52. The van der Waals surface area contributed by atoms with E-state index < -0.39 is 0 Å². The Labute approximate surface area is 110 Å². The second-order valence-electron chi connectivity index (χ2n) is 4.70. The average molecular weight is 261 g/mol. The molecule has 18 heavy (non-hydrogen) atoms. The number of nitrogens with zero attached hydrogens (tertiary/aromatic N) is 2. The summed E-state index contributed by atoms with van der Waals surface area (Å²) in [5.74, 6) is 0.0772. The zero-order valence-corrected chi connectivity index (χ0v) is 11.3. The lowest BCUT2D eigenvalue weighted by Gasteiger charge is -2.25. The zero-order valence-electron chi connectivity index (χ0n) is 10.5. The first-order chi connectivity index (χ1) is 8.63. The van der Waals surface area contributed by atoms with Crippen LogP contribution in [0.25, 0.3) is 10.2 Å². The quantitative estimate of drug-likeness (QED) is 0.852. The monoisotopic (exact) mass is 261 g/mol. The molecule has 0 atom stereocenters. The Morgan fingerprint density at radius 3 is 3.00 bits per heavy atom. The second kappa shape index (κ2) is 4.24. The SMILES string of the molecule is Cc1cc(C)c2nc(N3CCNC(=O)C3)sc2c1. The lowest BCUT2D eigenvalue weighted by Crippen LogP contribution is -2.47. The Morgan fingerprint density at radius 2 is 2.22 bits per heavy atom. The summed E-state index contributed by atoms with van der Waals surface area (Å²) in [6.07, 6.45) is 0. The highest BCUT2D eigenvalue weighted by Crippen LogP contribution is 2.31. The van der Waals surface area contributed by atoms with Crippen molar-refractivity contribution in [1.82, 2.24) is 10.3 Å². The molecule has 2 heterocycles. The van der Waals surface area contributed by atoms with Crippen molar-refractivity contribution < 1.29 is 4.79 Å². The van der Waals surface area contributed by atoms with E-state index in [1.807, 2.05) is 0 Å². The molecule has 0 unspecified atom stereocenters. The largest absolute Gasteiger partial charge is 0.353 e. The van der Waals surface area contributed by atoms with Crippen molar-refractivity contribution in [3.8, 4) is 0 Å². The van der Waals surface area contributed by atoms with E-state index in [1.54, 1.807) is 11.3 Å². The molecule has 1 fully saturated rings. The summed E-state index contributed by atoms with van der Waals surface area (Å²) in [6, 6.07) is 4.31. The highest BCUT2D eigenvalue weighted by atomic mass is 32.1. The van der Waals surface area contributed by atoms with E-state index >= 15 is 0 Å². The van der Waals surface area contributed by atoms with E-state index in [9.17, 15) is 4.79 Å². The van der Waals surface area contributed by atoms with Crippen LogP contribution in [0.2, 0.25) is 0 Å².